The van der Waals surface area contributed by atoms with Gasteiger partial charge in [-0.1, -0.05) is 13.0 Å². The molecule has 2 unspecified atom stereocenters. The van der Waals surface area contributed by atoms with Gasteiger partial charge in [0.25, 0.3) is 0 Å². The second kappa shape index (κ2) is 5.95. The Hall–Kier alpha value is -0.100. The van der Waals surface area contributed by atoms with Gasteiger partial charge in [-0.25, -0.2) is 8.42 Å². The molecule has 112 valence electrons. The minimum absolute atomic E-state index is 0.0434. The van der Waals surface area contributed by atoms with Crippen molar-refractivity contribution in [2.75, 3.05) is 6.54 Å². The predicted octanol–water partition coefficient (Wildman–Crippen LogP) is 3.92. The summed E-state index contributed by atoms with van der Waals surface area (Å²) in [6.07, 6.45) is 0.908. The van der Waals surface area contributed by atoms with Crippen LogP contribution in [-0.4, -0.2) is 25.3 Å². The smallest absolute Gasteiger partial charge is 0.207 e. The lowest BCUT2D eigenvalue weighted by molar-refractivity contribution is 0.405. The molecule has 1 heterocycles. The van der Waals surface area contributed by atoms with Crippen LogP contribution in [0.1, 0.15) is 31.4 Å². The van der Waals surface area contributed by atoms with E-state index < -0.39 is 10.0 Å². The number of aryl methyl sites for hydroxylation is 1. The summed E-state index contributed by atoms with van der Waals surface area (Å²) < 4.78 is 28.0. The molecule has 1 aromatic rings. The highest BCUT2D eigenvalue weighted by Gasteiger charge is 2.37. The van der Waals surface area contributed by atoms with Gasteiger partial charge in [0.15, 0.2) is 0 Å². The first-order valence-corrected chi connectivity index (χ1v) is 9.41. The Bertz CT molecular complexity index is 618. The number of hydrogen-bond donors (Lipinski definition) is 0. The summed E-state index contributed by atoms with van der Waals surface area (Å²) in [4.78, 5) is 0.328. The molecule has 1 saturated heterocycles. The minimum atomic E-state index is -3.48. The van der Waals surface area contributed by atoms with Gasteiger partial charge in [-0.3, -0.25) is 0 Å². The van der Waals surface area contributed by atoms with Crippen molar-refractivity contribution < 1.29 is 8.42 Å². The maximum absolute atomic E-state index is 12.9. The van der Waals surface area contributed by atoms with Gasteiger partial charge in [-0.05, 0) is 59.3 Å². The summed E-state index contributed by atoms with van der Waals surface area (Å²) in [6, 6.07) is 3.63. The van der Waals surface area contributed by atoms with Crippen LogP contribution < -0.4 is 0 Å². The molecule has 6 heteroatoms. The molecule has 0 saturated carbocycles. The molecule has 0 amide bonds. The predicted molar refractivity (Wildman–Crippen MR) is 85.6 cm³/mol. The van der Waals surface area contributed by atoms with Crippen LogP contribution in [0.3, 0.4) is 0 Å². The van der Waals surface area contributed by atoms with E-state index in [1.807, 2.05) is 19.9 Å². The molecule has 0 aliphatic carbocycles. The average Bonchev–Trinajstić information content (AvgIpc) is 2.72. The van der Waals surface area contributed by atoms with Crippen molar-refractivity contribution in [2.45, 2.75) is 44.0 Å². The Kier molecular flexibility index (Phi) is 4.84. The number of nitrogens with zero attached hydrogens (tertiary/aromatic N) is 1. The fourth-order valence-electron chi connectivity index (χ4n) is 2.80. The van der Waals surface area contributed by atoms with E-state index in [1.165, 1.54) is 0 Å². The van der Waals surface area contributed by atoms with Gasteiger partial charge in [0.1, 0.15) is 0 Å². The summed E-state index contributed by atoms with van der Waals surface area (Å²) in [6.45, 7) is 6.52. The molecule has 2 atom stereocenters. The van der Waals surface area contributed by atoms with Crippen molar-refractivity contribution in [1.29, 1.82) is 0 Å². The number of hydrogen-bond acceptors (Lipinski definition) is 2. The maximum Gasteiger partial charge on any atom is 0.244 e. The molecule has 0 spiro atoms. The lowest BCUT2D eigenvalue weighted by Crippen LogP contribution is -2.34. The van der Waals surface area contributed by atoms with Crippen LogP contribution in [-0.2, 0) is 15.9 Å². The standard InChI is InChI=1S/C14H19BrClNO2S/c1-9-4-11(3)17(8-9)20(18,19)13-6-12(7-16)5-10(2)14(13)15/h5-6,9,11H,4,7-8H2,1-3H3. The first kappa shape index (κ1) is 16.3. The number of halogens is 2. The number of alkyl halides is 1. The third-order valence-corrected chi connectivity index (χ3v) is 7.38. The lowest BCUT2D eigenvalue weighted by atomic mass is 10.1. The summed E-state index contributed by atoms with van der Waals surface area (Å²) in [5.41, 5.74) is 1.72. The molecule has 0 bridgehead atoms. The van der Waals surface area contributed by atoms with Gasteiger partial charge >= 0.3 is 0 Å². The molecule has 1 aromatic carbocycles. The molecule has 3 nitrogen and oxygen atoms in total. The molecule has 0 radical (unpaired) electrons. The molecule has 2 rings (SSSR count). The second-order valence-electron chi connectivity index (χ2n) is 5.62. The quantitative estimate of drug-likeness (QED) is 0.745. The monoisotopic (exact) mass is 379 g/mol. The van der Waals surface area contributed by atoms with Gasteiger partial charge in [0.2, 0.25) is 10.0 Å². The third kappa shape index (κ3) is 2.91. The first-order chi connectivity index (χ1) is 9.27. The molecule has 1 aliphatic heterocycles. The molecule has 20 heavy (non-hydrogen) atoms. The molecule has 1 aliphatic rings. The van der Waals surface area contributed by atoms with E-state index >= 15 is 0 Å². The van der Waals surface area contributed by atoms with Crippen LogP contribution in [0, 0.1) is 12.8 Å². The van der Waals surface area contributed by atoms with Crippen molar-refractivity contribution in [1.82, 2.24) is 4.31 Å². The van der Waals surface area contributed by atoms with Crippen LogP contribution in [0.4, 0.5) is 0 Å². The molecular formula is C14H19BrClNO2S. The van der Waals surface area contributed by atoms with E-state index in [9.17, 15) is 8.42 Å². The van der Waals surface area contributed by atoms with Crippen LogP contribution >= 0.6 is 27.5 Å². The Morgan fingerprint density at radius 2 is 2.05 bits per heavy atom. The van der Waals surface area contributed by atoms with E-state index in [0.717, 1.165) is 17.5 Å². The Morgan fingerprint density at radius 1 is 1.40 bits per heavy atom. The van der Waals surface area contributed by atoms with Gasteiger partial charge in [0.05, 0.1) is 4.90 Å². The second-order valence-corrected chi connectivity index (χ2v) is 8.54. The van der Waals surface area contributed by atoms with Crippen molar-refractivity contribution in [3.63, 3.8) is 0 Å². The fourth-order valence-corrected chi connectivity index (χ4v) is 5.74. The number of rotatable bonds is 3. The minimum Gasteiger partial charge on any atom is -0.207 e. The van der Waals surface area contributed by atoms with Crippen molar-refractivity contribution in [3.8, 4) is 0 Å². The molecular weight excluding hydrogens is 362 g/mol. The number of sulfonamides is 1. The van der Waals surface area contributed by atoms with E-state index in [2.05, 4.69) is 22.9 Å². The Balaban J connectivity index is 2.52. The van der Waals surface area contributed by atoms with Crippen molar-refractivity contribution >= 4 is 37.6 Å². The van der Waals surface area contributed by atoms with Gasteiger partial charge in [0, 0.05) is 22.9 Å². The summed E-state index contributed by atoms with van der Waals surface area (Å²) in [5.74, 6) is 0.707. The Labute approximate surface area is 134 Å². The van der Waals surface area contributed by atoms with Crippen LogP contribution in [0.15, 0.2) is 21.5 Å². The summed E-state index contributed by atoms with van der Waals surface area (Å²) in [5, 5.41) is 0. The topological polar surface area (TPSA) is 37.4 Å². The first-order valence-electron chi connectivity index (χ1n) is 6.64. The fraction of sp³-hybridized carbons (Fsp3) is 0.571. The van der Waals surface area contributed by atoms with Crippen molar-refractivity contribution in [2.24, 2.45) is 5.92 Å². The van der Waals surface area contributed by atoms with Gasteiger partial charge in [-0.2, -0.15) is 4.31 Å². The largest absolute Gasteiger partial charge is 0.244 e. The summed E-state index contributed by atoms with van der Waals surface area (Å²) >= 11 is 9.27. The van der Waals surface area contributed by atoms with Crippen molar-refractivity contribution in [3.05, 3.63) is 27.7 Å². The van der Waals surface area contributed by atoms with Crippen LogP contribution in [0.5, 0.6) is 0 Å². The molecule has 0 N–H and O–H groups in total. The highest BCUT2D eigenvalue weighted by molar-refractivity contribution is 9.10. The maximum atomic E-state index is 12.9. The lowest BCUT2D eigenvalue weighted by Gasteiger charge is -2.22. The van der Waals surface area contributed by atoms with E-state index in [4.69, 9.17) is 11.6 Å². The summed E-state index contributed by atoms with van der Waals surface area (Å²) in [7, 11) is -3.48. The normalized spacial score (nSPS) is 24.2. The van der Waals surface area contributed by atoms with Crippen LogP contribution in [0.2, 0.25) is 0 Å². The van der Waals surface area contributed by atoms with Gasteiger partial charge < -0.3 is 0 Å². The molecule has 1 fully saturated rings. The Morgan fingerprint density at radius 3 is 2.55 bits per heavy atom. The third-order valence-electron chi connectivity index (χ3n) is 3.75. The SMILES string of the molecule is Cc1cc(CCl)cc(S(=O)(=O)N2CC(C)CC2C)c1Br. The van der Waals surface area contributed by atoms with Gasteiger partial charge in [-0.15, -0.1) is 11.6 Å². The molecule has 0 aromatic heterocycles. The zero-order valence-electron chi connectivity index (χ0n) is 11.9. The zero-order valence-corrected chi connectivity index (χ0v) is 15.0. The van der Waals surface area contributed by atoms with E-state index in [-0.39, 0.29) is 6.04 Å². The van der Waals surface area contributed by atoms with E-state index in [0.29, 0.717) is 27.7 Å². The van der Waals surface area contributed by atoms with E-state index in [1.54, 1.807) is 10.4 Å². The highest BCUT2D eigenvalue weighted by atomic mass is 79.9. The average molecular weight is 381 g/mol. The zero-order chi connectivity index (χ0) is 15.1. The number of benzene rings is 1. The highest BCUT2D eigenvalue weighted by Crippen LogP contribution is 2.34. The van der Waals surface area contributed by atoms with Crippen LogP contribution in [0.25, 0.3) is 0 Å².